The lowest BCUT2D eigenvalue weighted by Crippen LogP contribution is -2.58. The molecule has 6 atom stereocenters. The van der Waals surface area contributed by atoms with Gasteiger partial charge in [-0.2, -0.15) is 13.2 Å². The second-order valence-corrected chi connectivity index (χ2v) is 8.09. The van der Waals surface area contributed by atoms with Crippen LogP contribution in [0.25, 0.3) is 0 Å². The number of halogens is 3. The van der Waals surface area contributed by atoms with Crippen LogP contribution in [0.3, 0.4) is 0 Å². The predicted octanol–water partition coefficient (Wildman–Crippen LogP) is 3.57. The third-order valence-corrected chi connectivity index (χ3v) is 5.84. The highest BCUT2D eigenvalue weighted by Crippen LogP contribution is 2.39. The second kappa shape index (κ2) is 9.09. The first-order valence-electron chi connectivity index (χ1n) is 10.3. The summed E-state index contributed by atoms with van der Waals surface area (Å²) in [6.45, 7) is 3.52. The molecule has 0 aromatic heterocycles. The van der Waals surface area contributed by atoms with Gasteiger partial charge in [0.1, 0.15) is 24.4 Å². The number of benzene rings is 2. The Morgan fingerprint density at radius 2 is 1.62 bits per heavy atom. The molecule has 0 amide bonds. The van der Waals surface area contributed by atoms with Gasteiger partial charge >= 0.3 is 6.18 Å². The summed E-state index contributed by atoms with van der Waals surface area (Å²) in [6.07, 6.45) is -9.85. The molecule has 9 heteroatoms. The fraction of sp³-hybridized carbons (Fsp3) is 0.478. The summed E-state index contributed by atoms with van der Waals surface area (Å²) in [5.41, 5.74) is 2.56. The van der Waals surface area contributed by atoms with Crippen LogP contribution in [-0.4, -0.2) is 47.8 Å². The van der Waals surface area contributed by atoms with Crippen molar-refractivity contribution < 1.29 is 42.3 Å². The fourth-order valence-corrected chi connectivity index (χ4v) is 3.85. The van der Waals surface area contributed by atoms with E-state index < -0.39 is 55.3 Å². The van der Waals surface area contributed by atoms with Crippen LogP contribution in [0.15, 0.2) is 42.5 Å². The Bertz CT molecular complexity index is 932. The zero-order valence-corrected chi connectivity index (χ0v) is 17.6. The molecule has 2 aromatic rings. The number of hydrogen-bond acceptors (Lipinski definition) is 6. The molecule has 32 heavy (non-hydrogen) atoms. The lowest BCUT2D eigenvalue weighted by atomic mass is 9.99. The smallest absolute Gasteiger partial charge is 0.394 e. The molecule has 2 aliphatic heterocycles. The minimum atomic E-state index is -4.46. The van der Waals surface area contributed by atoms with Crippen LogP contribution in [0.1, 0.15) is 40.4 Å². The van der Waals surface area contributed by atoms with E-state index in [2.05, 4.69) is 0 Å². The van der Waals surface area contributed by atoms with E-state index in [0.29, 0.717) is 5.56 Å². The summed E-state index contributed by atoms with van der Waals surface area (Å²) in [5.74, 6) is 0. The number of alkyl halides is 3. The molecule has 0 spiro atoms. The number of aryl methyl sites for hydroxylation is 2. The predicted molar refractivity (Wildman–Crippen MR) is 107 cm³/mol. The van der Waals surface area contributed by atoms with E-state index in [9.17, 15) is 23.4 Å². The first-order chi connectivity index (χ1) is 15.2. The summed E-state index contributed by atoms with van der Waals surface area (Å²) < 4.78 is 62.3. The molecule has 2 fully saturated rings. The molecule has 0 radical (unpaired) electrons. The highest BCUT2D eigenvalue weighted by molar-refractivity contribution is 5.31. The van der Waals surface area contributed by atoms with Crippen molar-refractivity contribution in [1.82, 2.24) is 0 Å². The number of ether oxygens (including phenoxy) is 4. The molecule has 2 saturated heterocycles. The quantitative estimate of drug-likeness (QED) is 0.736. The Morgan fingerprint density at radius 3 is 2.25 bits per heavy atom. The van der Waals surface area contributed by atoms with Gasteiger partial charge in [-0.15, -0.1) is 0 Å². The zero-order chi connectivity index (χ0) is 23.0. The molecule has 0 saturated carbocycles. The van der Waals surface area contributed by atoms with Gasteiger partial charge in [-0.3, -0.25) is 0 Å². The van der Waals surface area contributed by atoms with Gasteiger partial charge in [0.05, 0.1) is 18.8 Å². The number of rotatable bonds is 4. The molecule has 2 aromatic carbocycles. The zero-order valence-electron chi connectivity index (χ0n) is 17.6. The third-order valence-electron chi connectivity index (χ3n) is 5.84. The van der Waals surface area contributed by atoms with E-state index in [-0.39, 0.29) is 6.61 Å². The standard InChI is InChI=1S/C23H25F3O6/c1-12-3-4-15(9-13(12)2)21-29-11-18-20(32-21)19(17(28)10-27)31-22(30-18)14-5-7-16(8-6-14)23(24,25)26/h3-9,17-22,27-28H,10-11H2,1-2H3/t17-,18+,19-,20-,21?,22?/m1/s1. The molecule has 0 bridgehead atoms. The maximum Gasteiger partial charge on any atom is 0.416 e. The van der Waals surface area contributed by atoms with Crippen molar-refractivity contribution in [3.63, 3.8) is 0 Å². The minimum Gasteiger partial charge on any atom is -0.394 e. The van der Waals surface area contributed by atoms with Crippen LogP contribution >= 0.6 is 0 Å². The van der Waals surface area contributed by atoms with Crippen molar-refractivity contribution >= 4 is 0 Å². The highest BCUT2D eigenvalue weighted by atomic mass is 19.4. The van der Waals surface area contributed by atoms with Gasteiger partial charge in [0, 0.05) is 11.1 Å². The van der Waals surface area contributed by atoms with Crippen LogP contribution in [0.2, 0.25) is 0 Å². The normalized spacial score (nSPS) is 29.4. The van der Waals surface area contributed by atoms with Gasteiger partial charge in [0.2, 0.25) is 0 Å². The summed E-state index contributed by atoms with van der Waals surface area (Å²) in [6, 6.07) is 10.2. The average molecular weight is 454 g/mol. The maximum atomic E-state index is 12.9. The van der Waals surface area contributed by atoms with Gasteiger partial charge in [-0.05, 0) is 37.1 Å². The number of aliphatic hydroxyl groups excluding tert-OH is 2. The van der Waals surface area contributed by atoms with Crippen LogP contribution in [0, 0.1) is 13.8 Å². The van der Waals surface area contributed by atoms with Crippen molar-refractivity contribution in [1.29, 1.82) is 0 Å². The molecule has 0 aliphatic carbocycles. The topological polar surface area (TPSA) is 77.4 Å². The van der Waals surface area contributed by atoms with E-state index in [4.69, 9.17) is 18.9 Å². The fourth-order valence-electron chi connectivity index (χ4n) is 3.85. The SMILES string of the molecule is Cc1ccc(C2OC[C@@H]3OC(c4ccc(C(F)(F)F)cc4)O[C@H]([C@H](O)CO)[C@@H]3O2)cc1C. The van der Waals surface area contributed by atoms with E-state index in [1.54, 1.807) is 0 Å². The Morgan fingerprint density at radius 1 is 0.938 bits per heavy atom. The van der Waals surface area contributed by atoms with E-state index in [1.165, 1.54) is 12.1 Å². The van der Waals surface area contributed by atoms with Crippen molar-refractivity contribution in [2.75, 3.05) is 13.2 Å². The largest absolute Gasteiger partial charge is 0.416 e. The lowest BCUT2D eigenvalue weighted by molar-refractivity contribution is -0.373. The number of aliphatic hydroxyl groups is 2. The molecule has 174 valence electrons. The van der Waals surface area contributed by atoms with Gasteiger partial charge < -0.3 is 29.2 Å². The van der Waals surface area contributed by atoms with Gasteiger partial charge in [0.25, 0.3) is 0 Å². The molecule has 2 aliphatic rings. The highest BCUT2D eigenvalue weighted by Gasteiger charge is 2.48. The summed E-state index contributed by atoms with van der Waals surface area (Å²) in [4.78, 5) is 0. The molecule has 2 heterocycles. The molecule has 6 nitrogen and oxygen atoms in total. The monoisotopic (exact) mass is 454 g/mol. The minimum absolute atomic E-state index is 0.122. The van der Waals surface area contributed by atoms with Gasteiger partial charge in [-0.1, -0.05) is 30.3 Å². The van der Waals surface area contributed by atoms with Crippen LogP contribution in [0.4, 0.5) is 13.2 Å². The van der Waals surface area contributed by atoms with Crippen molar-refractivity contribution in [3.8, 4) is 0 Å². The Balaban J connectivity index is 1.54. The van der Waals surface area contributed by atoms with Crippen molar-refractivity contribution in [2.24, 2.45) is 0 Å². The summed E-state index contributed by atoms with van der Waals surface area (Å²) in [5, 5.41) is 19.9. The number of fused-ring (bicyclic) bond motifs is 1. The number of hydrogen-bond donors (Lipinski definition) is 2. The first kappa shape index (κ1) is 23.2. The average Bonchev–Trinajstić information content (AvgIpc) is 2.78. The Hall–Kier alpha value is -2.01. The summed E-state index contributed by atoms with van der Waals surface area (Å²) in [7, 11) is 0. The lowest BCUT2D eigenvalue weighted by Gasteiger charge is -2.47. The molecule has 2 N–H and O–H groups in total. The second-order valence-electron chi connectivity index (χ2n) is 8.09. The van der Waals surface area contributed by atoms with E-state index in [1.807, 2.05) is 32.0 Å². The van der Waals surface area contributed by atoms with Crippen molar-refractivity contribution in [2.45, 2.75) is 57.0 Å². The van der Waals surface area contributed by atoms with Gasteiger partial charge in [0.15, 0.2) is 12.6 Å². The molecule has 4 rings (SSSR count). The van der Waals surface area contributed by atoms with E-state index >= 15 is 0 Å². The Labute approximate surface area is 183 Å². The van der Waals surface area contributed by atoms with Gasteiger partial charge in [-0.25, -0.2) is 0 Å². The Kier molecular flexibility index (Phi) is 6.58. The molecular weight excluding hydrogens is 429 g/mol. The van der Waals surface area contributed by atoms with Crippen LogP contribution < -0.4 is 0 Å². The third kappa shape index (κ3) is 4.68. The van der Waals surface area contributed by atoms with Crippen LogP contribution in [0.5, 0.6) is 0 Å². The molecular formula is C23H25F3O6. The first-order valence-corrected chi connectivity index (χ1v) is 10.3. The summed E-state index contributed by atoms with van der Waals surface area (Å²) >= 11 is 0. The van der Waals surface area contributed by atoms with E-state index in [0.717, 1.165) is 28.8 Å². The van der Waals surface area contributed by atoms with Crippen molar-refractivity contribution in [3.05, 3.63) is 70.3 Å². The molecule has 2 unspecified atom stereocenters. The van der Waals surface area contributed by atoms with Crippen LogP contribution in [-0.2, 0) is 25.1 Å². The maximum absolute atomic E-state index is 12.9.